The summed E-state index contributed by atoms with van der Waals surface area (Å²) in [5.74, 6) is 1.60. The molecule has 0 saturated carbocycles. The van der Waals surface area contributed by atoms with Gasteiger partial charge in [0, 0.05) is 20.0 Å². The van der Waals surface area contributed by atoms with Crippen LogP contribution in [0.15, 0.2) is 30.3 Å². The number of carbonyl (C=O) groups excluding carboxylic acids is 1. The van der Waals surface area contributed by atoms with Gasteiger partial charge < -0.3 is 15.3 Å². The summed E-state index contributed by atoms with van der Waals surface area (Å²) in [4.78, 5) is 23.8. The number of urea groups is 1. The maximum absolute atomic E-state index is 12.0. The summed E-state index contributed by atoms with van der Waals surface area (Å²) >= 11 is 0. The van der Waals surface area contributed by atoms with Crippen molar-refractivity contribution < 1.29 is 14.7 Å². The average Bonchev–Trinajstić information content (AvgIpc) is 2.45. The van der Waals surface area contributed by atoms with E-state index in [-0.39, 0.29) is 25.0 Å². The SMILES string of the molecule is C#CCC(NC(=O)N(C)CCC(=O)O)c1ccccc1. The number of carbonyl (C=O) groups is 2. The number of carboxylic acids is 1. The van der Waals surface area contributed by atoms with Crippen LogP contribution in [0.4, 0.5) is 4.79 Å². The van der Waals surface area contributed by atoms with Crippen LogP contribution in [0.2, 0.25) is 0 Å². The van der Waals surface area contributed by atoms with E-state index in [1.165, 1.54) is 4.90 Å². The summed E-state index contributed by atoms with van der Waals surface area (Å²) < 4.78 is 0. The highest BCUT2D eigenvalue weighted by Crippen LogP contribution is 2.16. The van der Waals surface area contributed by atoms with Gasteiger partial charge in [-0.15, -0.1) is 12.3 Å². The van der Waals surface area contributed by atoms with Gasteiger partial charge in [-0.2, -0.15) is 0 Å². The molecule has 106 valence electrons. The van der Waals surface area contributed by atoms with Gasteiger partial charge in [0.2, 0.25) is 0 Å². The first-order valence-corrected chi connectivity index (χ1v) is 6.26. The van der Waals surface area contributed by atoms with Gasteiger partial charge in [-0.25, -0.2) is 4.79 Å². The molecule has 0 radical (unpaired) electrons. The van der Waals surface area contributed by atoms with Crippen LogP contribution in [-0.4, -0.2) is 35.6 Å². The minimum atomic E-state index is -0.937. The second kappa shape index (κ2) is 7.85. The third kappa shape index (κ3) is 5.02. The van der Waals surface area contributed by atoms with E-state index >= 15 is 0 Å². The van der Waals surface area contributed by atoms with Gasteiger partial charge in [0.15, 0.2) is 0 Å². The lowest BCUT2D eigenvalue weighted by atomic mass is 10.0. The standard InChI is InChI=1S/C15H18N2O3/c1-3-7-13(12-8-5-4-6-9-12)16-15(20)17(2)11-10-14(18)19/h1,4-6,8-9,13H,7,10-11H2,2H3,(H,16,20)(H,18,19). The zero-order valence-electron chi connectivity index (χ0n) is 11.4. The summed E-state index contributed by atoms with van der Waals surface area (Å²) in [6, 6.07) is 8.80. The van der Waals surface area contributed by atoms with Crippen molar-refractivity contribution in [3.63, 3.8) is 0 Å². The zero-order chi connectivity index (χ0) is 15.0. The molecule has 0 aliphatic rings. The van der Waals surface area contributed by atoms with Crippen LogP contribution in [0.1, 0.15) is 24.4 Å². The molecule has 1 rings (SSSR count). The number of hydrogen-bond acceptors (Lipinski definition) is 2. The van der Waals surface area contributed by atoms with Gasteiger partial charge in [-0.1, -0.05) is 30.3 Å². The average molecular weight is 274 g/mol. The van der Waals surface area contributed by atoms with E-state index in [2.05, 4.69) is 11.2 Å². The lowest BCUT2D eigenvalue weighted by Crippen LogP contribution is -2.40. The number of benzene rings is 1. The molecule has 0 bridgehead atoms. The second-order valence-corrected chi connectivity index (χ2v) is 4.39. The van der Waals surface area contributed by atoms with Crippen LogP contribution >= 0.6 is 0 Å². The Morgan fingerprint density at radius 1 is 1.40 bits per heavy atom. The number of aliphatic carboxylic acids is 1. The lowest BCUT2D eigenvalue weighted by molar-refractivity contribution is -0.137. The van der Waals surface area contributed by atoms with E-state index in [4.69, 9.17) is 11.5 Å². The Balaban J connectivity index is 2.64. The van der Waals surface area contributed by atoms with E-state index in [0.717, 1.165) is 5.56 Å². The van der Waals surface area contributed by atoms with Gasteiger partial charge in [0.1, 0.15) is 0 Å². The molecular weight excluding hydrogens is 256 g/mol. The maximum atomic E-state index is 12.0. The van der Waals surface area contributed by atoms with Crippen molar-refractivity contribution in [2.75, 3.05) is 13.6 Å². The van der Waals surface area contributed by atoms with E-state index in [9.17, 15) is 9.59 Å². The fraction of sp³-hybridized carbons (Fsp3) is 0.333. The predicted molar refractivity (Wildman–Crippen MR) is 76.0 cm³/mol. The number of amides is 2. The van der Waals surface area contributed by atoms with E-state index in [0.29, 0.717) is 6.42 Å². The summed E-state index contributed by atoms with van der Waals surface area (Å²) in [7, 11) is 1.55. The highest BCUT2D eigenvalue weighted by Gasteiger charge is 2.16. The highest BCUT2D eigenvalue weighted by molar-refractivity contribution is 5.75. The molecule has 5 nitrogen and oxygen atoms in total. The minimum Gasteiger partial charge on any atom is -0.481 e. The highest BCUT2D eigenvalue weighted by atomic mass is 16.4. The molecule has 0 aliphatic carbocycles. The van der Waals surface area contributed by atoms with Gasteiger partial charge in [0.25, 0.3) is 0 Å². The zero-order valence-corrected chi connectivity index (χ0v) is 11.4. The van der Waals surface area contributed by atoms with E-state index in [1.54, 1.807) is 7.05 Å². The van der Waals surface area contributed by atoms with E-state index < -0.39 is 5.97 Å². The topological polar surface area (TPSA) is 69.6 Å². The van der Waals surface area contributed by atoms with Crippen LogP contribution in [0.3, 0.4) is 0 Å². The molecule has 2 amide bonds. The Bertz CT molecular complexity index is 494. The molecule has 5 heteroatoms. The molecule has 1 atom stereocenters. The van der Waals surface area contributed by atoms with Gasteiger partial charge >= 0.3 is 12.0 Å². The number of hydrogen-bond donors (Lipinski definition) is 2. The second-order valence-electron chi connectivity index (χ2n) is 4.39. The summed E-state index contributed by atoms with van der Waals surface area (Å²) in [6.45, 7) is 0.152. The van der Waals surface area contributed by atoms with Crippen molar-refractivity contribution in [3.8, 4) is 12.3 Å². The molecule has 0 saturated heterocycles. The Morgan fingerprint density at radius 2 is 2.05 bits per heavy atom. The lowest BCUT2D eigenvalue weighted by Gasteiger charge is -2.22. The van der Waals surface area contributed by atoms with Crippen LogP contribution in [-0.2, 0) is 4.79 Å². The normalized spacial score (nSPS) is 11.2. The number of nitrogens with zero attached hydrogens (tertiary/aromatic N) is 1. The third-order valence-corrected chi connectivity index (χ3v) is 2.83. The fourth-order valence-electron chi connectivity index (χ4n) is 1.68. The van der Waals surface area contributed by atoms with Crippen LogP contribution in [0.5, 0.6) is 0 Å². The van der Waals surface area contributed by atoms with Crippen molar-refractivity contribution in [1.82, 2.24) is 10.2 Å². The van der Waals surface area contributed by atoms with Crippen molar-refractivity contribution in [2.24, 2.45) is 0 Å². The molecule has 0 fully saturated rings. The molecule has 0 spiro atoms. The van der Waals surface area contributed by atoms with Gasteiger partial charge in [-0.05, 0) is 5.56 Å². The first-order valence-electron chi connectivity index (χ1n) is 6.26. The Kier molecular flexibility index (Phi) is 6.11. The van der Waals surface area contributed by atoms with Crippen LogP contribution in [0.25, 0.3) is 0 Å². The molecule has 0 heterocycles. The summed E-state index contributed by atoms with van der Waals surface area (Å²) in [6.07, 6.45) is 5.61. The van der Waals surface area contributed by atoms with E-state index in [1.807, 2.05) is 30.3 Å². The van der Waals surface area contributed by atoms with Crippen molar-refractivity contribution in [2.45, 2.75) is 18.9 Å². The molecule has 20 heavy (non-hydrogen) atoms. The molecule has 1 unspecified atom stereocenters. The Hall–Kier alpha value is -2.48. The molecule has 2 N–H and O–H groups in total. The van der Waals surface area contributed by atoms with Crippen LogP contribution < -0.4 is 5.32 Å². The largest absolute Gasteiger partial charge is 0.481 e. The quantitative estimate of drug-likeness (QED) is 0.778. The fourth-order valence-corrected chi connectivity index (χ4v) is 1.68. The third-order valence-electron chi connectivity index (χ3n) is 2.83. The molecule has 0 aromatic heterocycles. The molecule has 1 aromatic carbocycles. The summed E-state index contributed by atoms with van der Waals surface area (Å²) in [5.41, 5.74) is 0.922. The first kappa shape index (κ1) is 15.6. The van der Waals surface area contributed by atoms with Gasteiger partial charge in [0.05, 0.1) is 12.5 Å². The molecule has 1 aromatic rings. The smallest absolute Gasteiger partial charge is 0.317 e. The Labute approximate surface area is 118 Å². The predicted octanol–water partition coefficient (Wildman–Crippen LogP) is 1.87. The Morgan fingerprint density at radius 3 is 2.60 bits per heavy atom. The maximum Gasteiger partial charge on any atom is 0.317 e. The monoisotopic (exact) mass is 274 g/mol. The molecule has 0 aliphatic heterocycles. The van der Waals surface area contributed by atoms with Crippen LogP contribution in [0, 0.1) is 12.3 Å². The van der Waals surface area contributed by atoms with Crippen molar-refractivity contribution in [1.29, 1.82) is 0 Å². The first-order chi connectivity index (χ1) is 9.54. The van der Waals surface area contributed by atoms with Crippen molar-refractivity contribution in [3.05, 3.63) is 35.9 Å². The summed E-state index contributed by atoms with van der Waals surface area (Å²) in [5, 5.41) is 11.4. The number of nitrogens with one attached hydrogen (secondary N) is 1. The minimum absolute atomic E-state index is 0.0882. The number of carboxylic acid groups (broad SMARTS) is 1. The van der Waals surface area contributed by atoms with Gasteiger partial charge in [-0.3, -0.25) is 4.79 Å². The molecular formula is C15H18N2O3. The number of rotatable bonds is 6. The van der Waals surface area contributed by atoms with Crippen molar-refractivity contribution >= 4 is 12.0 Å². The number of terminal acetylenes is 1.